The van der Waals surface area contributed by atoms with E-state index < -0.39 is 5.41 Å². The molecule has 0 amide bonds. The average molecular weight is 903 g/mol. The number of methoxy groups -OCH3 is 1. The van der Waals surface area contributed by atoms with Crippen LogP contribution in [0.15, 0.2) is 160 Å². The van der Waals surface area contributed by atoms with Crippen LogP contribution < -0.4 is 4.74 Å². The standard InChI is InChI=1S/C53H58Br2O3/c1-8-36(4)34-57-46-26-23-43-31-44(32-52(38(6)56-7)58-35-37(5)9-2)53(49(43)33-46)50-29-41(18-16-39(10-3)14-12-28-54)13-11-15-47(50)48-27-22-42(30-51(48)53)19-17-40-20-24-45(55)25-21-40/h10-27,29-30,32-33,36-37,47H,8-9,28,31,34-35H2,1-7H3/b14-12-,18-16+,19-17+,39-10+,44-32+,52-38-. The monoisotopic (exact) mass is 900 g/mol. The number of ether oxygens (including phenoxy) is 3. The number of hydrogen-bond acceptors (Lipinski definition) is 3. The Balaban J connectivity index is 1.63. The maximum atomic E-state index is 6.68. The quantitative estimate of drug-likeness (QED) is 0.0620. The van der Waals surface area contributed by atoms with Crippen LogP contribution in [0.5, 0.6) is 5.75 Å². The molecule has 0 N–H and O–H groups in total. The van der Waals surface area contributed by atoms with E-state index in [1.165, 1.54) is 33.4 Å². The fourth-order valence-corrected chi connectivity index (χ4v) is 8.37. The van der Waals surface area contributed by atoms with Crippen molar-refractivity contribution in [3.05, 3.63) is 193 Å². The molecule has 0 bridgehead atoms. The Morgan fingerprint density at radius 2 is 1.64 bits per heavy atom. The van der Waals surface area contributed by atoms with Crippen molar-refractivity contribution < 1.29 is 14.2 Å². The Bertz CT molecular complexity index is 2220. The van der Waals surface area contributed by atoms with Gasteiger partial charge in [-0.25, -0.2) is 0 Å². The van der Waals surface area contributed by atoms with Gasteiger partial charge in [-0.2, -0.15) is 0 Å². The van der Waals surface area contributed by atoms with Crippen LogP contribution in [-0.2, 0) is 21.3 Å². The van der Waals surface area contributed by atoms with E-state index in [9.17, 15) is 0 Å². The fourth-order valence-electron chi connectivity index (χ4n) is 7.92. The minimum atomic E-state index is -0.591. The zero-order chi connectivity index (χ0) is 41.2. The van der Waals surface area contributed by atoms with Gasteiger partial charge in [-0.15, -0.1) is 0 Å². The van der Waals surface area contributed by atoms with Gasteiger partial charge in [0.05, 0.1) is 25.7 Å². The molecular formula is C53H58Br2O3. The van der Waals surface area contributed by atoms with Crippen LogP contribution in [0.3, 0.4) is 0 Å². The van der Waals surface area contributed by atoms with E-state index in [1.54, 1.807) is 7.11 Å². The molecule has 4 unspecified atom stereocenters. The van der Waals surface area contributed by atoms with Crippen molar-refractivity contribution in [3.8, 4) is 5.75 Å². The largest absolute Gasteiger partial charge is 0.498 e. The molecule has 0 aliphatic heterocycles. The maximum absolute atomic E-state index is 6.68. The molecule has 3 aromatic rings. The molecule has 0 fully saturated rings. The Hall–Kier alpha value is -4.32. The Morgan fingerprint density at radius 1 is 0.897 bits per heavy atom. The van der Waals surface area contributed by atoms with Crippen molar-refractivity contribution in [2.24, 2.45) is 11.8 Å². The molecule has 0 radical (unpaired) electrons. The highest BCUT2D eigenvalue weighted by molar-refractivity contribution is 9.10. The van der Waals surface area contributed by atoms with Crippen LogP contribution in [0, 0.1) is 11.8 Å². The molecule has 3 aliphatic carbocycles. The van der Waals surface area contributed by atoms with Crippen molar-refractivity contribution >= 4 is 44.0 Å². The van der Waals surface area contributed by atoms with Gasteiger partial charge in [-0.3, -0.25) is 0 Å². The second-order valence-electron chi connectivity index (χ2n) is 15.7. The summed E-state index contributed by atoms with van der Waals surface area (Å²) in [6, 6.07) is 22.3. The first kappa shape index (κ1) is 43.3. The molecule has 0 saturated carbocycles. The third-order valence-corrected chi connectivity index (χ3v) is 12.7. The smallest absolute Gasteiger partial charge is 0.156 e. The second-order valence-corrected chi connectivity index (χ2v) is 17.3. The highest BCUT2D eigenvalue weighted by atomic mass is 79.9. The summed E-state index contributed by atoms with van der Waals surface area (Å²) in [6.45, 7) is 14.3. The molecule has 4 atom stereocenters. The number of rotatable bonds is 16. The van der Waals surface area contributed by atoms with Gasteiger partial charge < -0.3 is 14.2 Å². The van der Waals surface area contributed by atoms with Crippen molar-refractivity contribution in [3.63, 3.8) is 0 Å². The predicted molar refractivity (Wildman–Crippen MR) is 252 cm³/mol. The molecule has 0 saturated heterocycles. The Kier molecular flexibility index (Phi) is 15.0. The summed E-state index contributed by atoms with van der Waals surface area (Å²) in [4.78, 5) is 0. The number of halogens is 2. The number of allylic oxidation sites excluding steroid dienone is 15. The first-order valence-corrected chi connectivity index (χ1v) is 22.7. The van der Waals surface area contributed by atoms with Crippen LogP contribution in [0.25, 0.3) is 12.2 Å². The zero-order valence-electron chi connectivity index (χ0n) is 35.2. The number of fused-ring (bicyclic) bond motifs is 7. The van der Waals surface area contributed by atoms with Gasteiger partial charge >= 0.3 is 0 Å². The van der Waals surface area contributed by atoms with E-state index in [2.05, 4.69) is 200 Å². The number of hydrogen-bond donors (Lipinski definition) is 0. The summed E-state index contributed by atoms with van der Waals surface area (Å²) in [5.41, 5.74) is 11.8. The van der Waals surface area contributed by atoms with Crippen molar-refractivity contribution in [1.29, 1.82) is 0 Å². The van der Waals surface area contributed by atoms with Crippen LogP contribution in [-0.4, -0.2) is 25.7 Å². The van der Waals surface area contributed by atoms with Gasteiger partial charge in [0.1, 0.15) is 11.5 Å². The van der Waals surface area contributed by atoms with Gasteiger partial charge in [0.25, 0.3) is 0 Å². The topological polar surface area (TPSA) is 27.7 Å². The van der Waals surface area contributed by atoms with Crippen molar-refractivity contribution in [1.82, 2.24) is 0 Å². The number of benzene rings is 3. The molecule has 58 heavy (non-hydrogen) atoms. The van der Waals surface area contributed by atoms with Gasteiger partial charge in [0.2, 0.25) is 0 Å². The summed E-state index contributed by atoms with van der Waals surface area (Å²) >= 11 is 7.13. The lowest BCUT2D eigenvalue weighted by Crippen LogP contribution is -2.27. The lowest BCUT2D eigenvalue weighted by molar-refractivity contribution is 0.156. The summed E-state index contributed by atoms with van der Waals surface area (Å²) in [6.07, 6.45) is 29.8. The van der Waals surface area contributed by atoms with E-state index in [1.807, 2.05) is 6.92 Å². The minimum absolute atomic E-state index is 0.0622. The van der Waals surface area contributed by atoms with Crippen molar-refractivity contribution in [2.75, 3.05) is 25.7 Å². The molecular weight excluding hydrogens is 844 g/mol. The number of alkyl halides is 1. The lowest BCUT2D eigenvalue weighted by atomic mass is 9.69. The first-order valence-electron chi connectivity index (χ1n) is 20.7. The van der Waals surface area contributed by atoms with E-state index >= 15 is 0 Å². The van der Waals surface area contributed by atoms with Crippen LogP contribution in [0.2, 0.25) is 0 Å². The van der Waals surface area contributed by atoms with Crippen molar-refractivity contribution in [2.45, 2.75) is 72.1 Å². The normalized spacial score (nSPS) is 20.9. The Morgan fingerprint density at radius 3 is 2.36 bits per heavy atom. The summed E-state index contributed by atoms with van der Waals surface area (Å²) in [5.74, 6) is 3.40. The predicted octanol–water partition coefficient (Wildman–Crippen LogP) is 14.7. The molecule has 0 aromatic heterocycles. The Labute approximate surface area is 364 Å². The third kappa shape index (κ3) is 9.58. The van der Waals surface area contributed by atoms with Gasteiger partial charge in [-0.1, -0.05) is 170 Å². The highest BCUT2D eigenvalue weighted by Crippen LogP contribution is 2.63. The SMILES string of the molecule is C/C=C(\C=C/CBr)/C=C/C1=CC=CC2C(=C1)C1(/C(=C/C(OCC(C)CC)=C(\C)OC)Cc3ccc(OCC(C)CC)cc31)c1cc(/C=C/c3ccc(Br)cc3)ccc12. The lowest BCUT2D eigenvalue weighted by Gasteiger charge is -2.33. The molecule has 3 aliphatic rings. The molecule has 1 spiro atoms. The van der Waals surface area contributed by atoms with Crippen LogP contribution in [0.1, 0.15) is 93.7 Å². The molecule has 6 rings (SSSR count). The average Bonchev–Trinajstić information content (AvgIpc) is 3.59. The minimum Gasteiger partial charge on any atom is -0.498 e. The third-order valence-electron chi connectivity index (χ3n) is 11.8. The maximum Gasteiger partial charge on any atom is 0.156 e. The van der Waals surface area contributed by atoms with Crippen LogP contribution in [0.4, 0.5) is 0 Å². The molecule has 5 heteroatoms. The van der Waals surface area contributed by atoms with Gasteiger partial charge in [-0.05, 0) is 124 Å². The fraction of sp³-hybridized carbons (Fsp3) is 0.321. The van der Waals surface area contributed by atoms with E-state index in [0.717, 1.165) is 68.6 Å². The second kappa shape index (κ2) is 20.1. The van der Waals surface area contributed by atoms with E-state index in [0.29, 0.717) is 25.0 Å². The van der Waals surface area contributed by atoms with E-state index in [-0.39, 0.29) is 5.92 Å². The highest BCUT2D eigenvalue weighted by Gasteiger charge is 2.55. The molecule has 0 heterocycles. The molecule has 3 aromatic carbocycles. The summed E-state index contributed by atoms with van der Waals surface area (Å²) in [7, 11) is 1.74. The first-order chi connectivity index (χ1) is 28.1. The van der Waals surface area contributed by atoms with E-state index in [4.69, 9.17) is 14.2 Å². The van der Waals surface area contributed by atoms with Crippen LogP contribution >= 0.6 is 31.9 Å². The molecule has 3 nitrogen and oxygen atoms in total. The van der Waals surface area contributed by atoms with Gasteiger partial charge in [0.15, 0.2) is 5.76 Å². The summed E-state index contributed by atoms with van der Waals surface area (Å²) < 4.78 is 20.3. The van der Waals surface area contributed by atoms with Gasteiger partial charge in [0, 0.05) is 15.7 Å². The summed E-state index contributed by atoms with van der Waals surface area (Å²) in [5, 5.41) is 0.814. The molecule has 302 valence electrons. The zero-order valence-corrected chi connectivity index (χ0v) is 38.3.